The maximum Gasteiger partial charge on any atom is 0.252 e. The van der Waals surface area contributed by atoms with Gasteiger partial charge in [-0.1, -0.05) is 328 Å². The molecule has 0 fully saturated rings. The first-order chi connectivity index (χ1) is 53.6. The highest BCUT2D eigenvalue weighted by molar-refractivity contribution is 7.00. The second-order valence-corrected chi connectivity index (χ2v) is 30.0. The van der Waals surface area contributed by atoms with Gasteiger partial charge in [-0.15, -0.1) is 0 Å². The molecule has 24 rings (SSSR count). The fourth-order valence-electron chi connectivity index (χ4n) is 20.8. The fraction of sp³-hybridized carbons (Fsp3) is 0.0192. The van der Waals surface area contributed by atoms with Gasteiger partial charge < -0.3 is 14.4 Å². The zero-order valence-electron chi connectivity index (χ0n) is 58.9. The van der Waals surface area contributed by atoms with E-state index in [4.69, 9.17) is 0 Å². The summed E-state index contributed by atoms with van der Waals surface area (Å²) in [6.07, 6.45) is 0. The number of aromatic nitrogens is 1. The van der Waals surface area contributed by atoms with Crippen molar-refractivity contribution in [2.75, 3.05) is 9.80 Å². The van der Waals surface area contributed by atoms with Crippen molar-refractivity contribution in [3.63, 3.8) is 0 Å². The summed E-state index contributed by atoms with van der Waals surface area (Å²) in [7, 11) is 0. The highest BCUT2D eigenvalue weighted by Gasteiger charge is 2.57. The Bertz CT molecular complexity index is 6360. The first-order valence-corrected chi connectivity index (χ1v) is 37.8. The van der Waals surface area contributed by atoms with Gasteiger partial charge in [-0.25, -0.2) is 0 Å². The van der Waals surface area contributed by atoms with Crippen LogP contribution in [0.25, 0.3) is 117 Å². The molecule has 0 atom stereocenters. The van der Waals surface area contributed by atoms with Crippen LogP contribution in [0, 0.1) is 0 Å². The summed E-state index contributed by atoms with van der Waals surface area (Å²) >= 11 is 0. The first kappa shape index (κ1) is 59.6. The molecule has 2 spiro atoms. The Labute approximate surface area is 627 Å². The molecular weight excluding hydrogens is 1300 g/mol. The Morgan fingerprint density at radius 2 is 0.491 bits per heavy atom. The molecule has 0 unspecified atom stereocenters. The molecule has 0 amide bonds. The van der Waals surface area contributed by atoms with Crippen LogP contribution >= 0.6 is 0 Å². The molecule has 0 saturated heterocycles. The third-order valence-electron chi connectivity index (χ3n) is 25.0. The summed E-state index contributed by atoms with van der Waals surface area (Å²) in [6.45, 7) is -0.233. The minimum Gasteiger partial charge on any atom is -0.311 e. The second-order valence-electron chi connectivity index (χ2n) is 30.0. The van der Waals surface area contributed by atoms with E-state index in [-0.39, 0.29) is 6.71 Å². The van der Waals surface area contributed by atoms with E-state index in [1.165, 1.54) is 150 Å². The molecule has 0 bridgehead atoms. The summed E-state index contributed by atoms with van der Waals surface area (Å²) in [4.78, 5) is 5.51. The van der Waals surface area contributed by atoms with Gasteiger partial charge >= 0.3 is 0 Å². The topological polar surface area (TPSA) is 11.4 Å². The van der Waals surface area contributed by atoms with Crippen molar-refractivity contribution >= 4 is 79.0 Å². The molecule has 6 aliphatic rings. The van der Waals surface area contributed by atoms with Gasteiger partial charge in [0.15, 0.2) is 0 Å². The van der Waals surface area contributed by atoms with Gasteiger partial charge in [-0.05, 0) is 199 Å². The van der Waals surface area contributed by atoms with Crippen molar-refractivity contribution < 1.29 is 0 Å². The van der Waals surface area contributed by atoms with Crippen molar-refractivity contribution in [1.82, 2.24) is 4.57 Å². The molecule has 3 nitrogen and oxygen atoms in total. The molecule has 17 aromatic carbocycles. The zero-order chi connectivity index (χ0) is 70.5. The Morgan fingerprint density at radius 3 is 0.833 bits per heavy atom. The molecule has 4 heteroatoms. The van der Waals surface area contributed by atoms with Crippen molar-refractivity contribution in [2.24, 2.45) is 0 Å². The summed E-state index contributed by atoms with van der Waals surface area (Å²) in [5.41, 5.74) is 42.5. The van der Waals surface area contributed by atoms with Crippen molar-refractivity contribution in [3.05, 3.63) is 433 Å². The van der Waals surface area contributed by atoms with Crippen LogP contribution < -0.4 is 26.2 Å². The number of rotatable bonds is 7. The predicted octanol–water partition coefficient (Wildman–Crippen LogP) is 24.2. The van der Waals surface area contributed by atoms with Gasteiger partial charge in [0.2, 0.25) is 0 Å². The second kappa shape index (κ2) is 22.4. The number of anilines is 6. The van der Waals surface area contributed by atoms with E-state index in [0.29, 0.717) is 0 Å². The van der Waals surface area contributed by atoms with Crippen LogP contribution in [0.5, 0.6) is 0 Å². The van der Waals surface area contributed by atoms with Crippen LogP contribution in [0.3, 0.4) is 0 Å². The van der Waals surface area contributed by atoms with Crippen LogP contribution in [-0.2, 0) is 10.8 Å². The predicted molar refractivity (Wildman–Crippen MR) is 449 cm³/mol. The number of benzene rings is 17. The number of nitrogens with zero attached hydrogens (tertiary/aromatic N) is 3. The van der Waals surface area contributed by atoms with Crippen molar-refractivity contribution in [1.29, 1.82) is 0 Å². The highest BCUT2D eigenvalue weighted by Crippen LogP contribution is 2.68. The first-order valence-electron chi connectivity index (χ1n) is 37.8. The van der Waals surface area contributed by atoms with Gasteiger partial charge in [0.25, 0.3) is 6.71 Å². The van der Waals surface area contributed by atoms with Crippen LogP contribution in [0.1, 0.15) is 44.5 Å². The lowest BCUT2D eigenvalue weighted by atomic mass is 9.33. The molecule has 4 aliphatic carbocycles. The van der Waals surface area contributed by atoms with Gasteiger partial charge in [0.1, 0.15) is 0 Å². The average molecular weight is 1370 g/mol. The maximum atomic E-state index is 2.75. The van der Waals surface area contributed by atoms with Gasteiger partial charge in [-0.2, -0.15) is 0 Å². The van der Waals surface area contributed by atoms with Crippen molar-refractivity contribution in [3.8, 4) is 94.7 Å². The monoisotopic (exact) mass is 1370 g/mol. The smallest absolute Gasteiger partial charge is 0.252 e. The number of hydrogen-bond donors (Lipinski definition) is 0. The molecule has 0 saturated carbocycles. The Balaban J connectivity index is 0.878. The molecule has 108 heavy (non-hydrogen) atoms. The molecule has 3 heterocycles. The van der Waals surface area contributed by atoms with E-state index in [1.807, 2.05) is 0 Å². The Kier molecular flexibility index (Phi) is 12.3. The Morgan fingerprint density at radius 1 is 0.204 bits per heavy atom. The van der Waals surface area contributed by atoms with Crippen LogP contribution in [0.4, 0.5) is 34.1 Å². The van der Waals surface area contributed by atoms with E-state index in [1.54, 1.807) is 0 Å². The lowest BCUT2D eigenvalue weighted by Gasteiger charge is -2.46. The molecule has 18 aromatic rings. The summed E-state index contributed by atoms with van der Waals surface area (Å²) in [5.74, 6) is 0. The van der Waals surface area contributed by atoms with E-state index in [2.05, 4.69) is 403 Å². The van der Waals surface area contributed by atoms with E-state index in [9.17, 15) is 0 Å². The summed E-state index contributed by atoms with van der Waals surface area (Å²) in [6, 6.07) is 148. The molecule has 498 valence electrons. The largest absolute Gasteiger partial charge is 0.311 e. The molecule has 1 aromatic heterocycles. The summed E-state index contributed by atoms with van der Waals surface area (Å²) in [5, 5.41) is 2.38. The minimum absolute atomic E-state index is 0.233. The lowest BCUT2D eigenvalue weighted by molar-refractivity contribution is 0.792. The third-order valence-corrected chi connectivity index (χ3v) is 25.0. The van der Waals surface area contributed by atoms with Gasteiger partial charge in [-0.3, -0.25) is 0 Å². The molecule has 0 N–H and O–H groups in total. The standard InChI is InChI=1S/C104H64BN3/c1-5-27-65(28-6-1)69-53-57-92-82(59-69)83-60-70(66-29-7-2-8-30-66)54-58-93(83)106(92)73-63-98-102-99(64-73)108(95-50-26-42-81-79-40-18-24-48-89(79)104(101(81)95)86-45-21-15-37-76(86)77-38-16-22-46-87(77)104)97-62-72(68-33-11-4-12-34-68)52-56-91(97)105(102)90-55-51-71(67-31-9-3-10-32-67)61-96(90)107(98)94-49-25-41-80-78-39-17-23-47-88(78)103(100(80)94)84-43-19-13-35-74(84)75-36-14-20-44-85(75)103/h1-64H. The maximum absolute atomic E-state index is 2.75. The van der Waals surface area contributed by atoms with E-state index in [0.717, 1.165) is 62.0 Å². The van der Waals surface area contributed by atoms with E-state index < -0.39 is 10.8 Å². The quantitative estimate of drug-likeness (QED) is 0.147. The van der Waals surface area contributed by atoms with Crippen LogP contribution in [-0.4, -0.2) is 11.3 Å². The molecule has 0 radical (unpaired) electrons. The summed E-state index contributed by atoms with van der Waals surface area (Å²) < 4.78 is 2.61. The normalized spacial score (nSPS) is 14.0. The number of fused-ring (bicyclic) bond motifs is 27. The van der Waals surface area contributed by atoms with Gasteiger partial charge in [0.05, 0.1) is 38.9 Å². The lowest BCUT2D eigenvalue weighted by Crippen LogP contribution is -2.61. The van der Waals surface area contributed by atoms with Crippen LogP contribution in [0.2, 0.25) is 0 Å². The third kappa shape index (κ3) is 7.87. The minimum atomic E-state index is -0.685. The molecular formula is C104H64BN3. The van der Waals surface area contributed by atoms with Crippen LogP contribution in [0.15, 0.2) is 388 Å². The average Bonchev–Trinajstić information content (AvgIpc) is 1.44. The zero-order valence-corrected chi connectivity index (χ0v) is 58.9. The fourth-order valence-corrected chi connectivity index (χ4v) is 20.8. The number of hydrogen-bond acceptors (Lipinski definition) is 2. The van der Waals surface area contributed by atoms with E-state index >= 15 is 0 Å². The highest BCUT2D eigenvalue weighted by atomic mass is 15.2. The van der Waals surface area contributed by atoms with Gasteiger partial charge in [0, 0.05) is 44.6 Å². The SMILES string of the molecule is c1ccc(-c2ccc3c(c2)N(c2cccc4c2C2(c5ccccc5-c5ccccc52)c2ccccc2-4)c2cc(-n4c5ccc(-c6ccccc6)cc5c5cc(-c6ccccc6)ccc54)cc4c2B3c2ccc(-c3ccccc3)cc2N4c2cccc3c2C2(c4ccccc4-c4ccccc42)c2ccccc2-3)cc1. The van der Waals surface area contributed by atoms with Crippen molar-refractivity contribution in [2.45, 2.75) is 10.8 Å². The Hall–Kier alpha value is -13.8. The molecule has 2 aliphatic heterocycles.